The van der Waals surface area contributed by atoms with E-state index in [1.165, 1.54) is 28.4 Å². The van der Waals surface area contributed by atoms with Gasteiger partial charge in [0.25, 0.3) is 5.91 Å². The first kappa shape index (κ1) is 17.5. The van der Waals surface area contributed by atoms with Crippen LogP contribution in [0.2, 0.25) is 0 Å². The molecule has 1 saturated carbocycles. The lowest BCUT2D eigenvalue weighted by Crippen LogP contribution is -2.39. The Morgan fingerprint density at radius 3 is 2.61 bits per heavy atom. The van der Waals surface area contributed by atoms with Crippen LogP contribution in [0.4, 0.5) is 9.52 Å². The molecular weight excluding hydrogens is 381 g/mol. The molecule has 1 aromatic heterocycles. The minimum Gasteiger partial charge on any atom is -0.483 e. The molecule has 6 nitrogen and oxygen atoms in total. The van der Waals surface area contributed by atoms with Crippen molar-refractivity contribution in [3.05, 3.63) is 52.0 Å². The Labute approximate surface area is 165 Å². The van der Waals surface area contributed by atoms with E-state index >= 15 is 0 Å². The van der Waals surface area contributed by atoms with Crippen LogP contribution in [0.25, 0.3) is 0 Å². The third kappa shape index (κ3) is 2.58. The highest BCUT2D eigenvalue weighted by Crippen LogP contribution is 2.48. The zero-order valence-corrected chi connectivity index (χ0v) is 16.0. The van der Waals surface area contributed by atoms with Gasteiger partial charge in [-0.2, -0.15) is 0 Å². The average molecular weight is 399 g/mol. The highest BCUT2D eigenvalue weighted by molar-refractivity contribution is 7.15. The van der Waals surface area contributed by atoms with Gasteiger partial charge >= 0.3 is 0 Å². The van der Waals surface area contributed by atoms with Gasteiger partial charge in [-0.3, -0.25) is 14.5 Å². The first-order chi connectivity index (χ1) is 13.5. The van der Waals surface area contributed by atoms with E-state index in [0.717, 1.165) is 25.7 Å². The first-order valence-corrected chi connectivity index (χ1v) is 10.2. The predicted octanol–water partition coefficient (Wildman–Crippen LogP) is 3.49. The third-order valence-electron chi connectivity index (χ3n) is 5.67. The molecule has 2 aromatic rings. The number of amides is 1. The summed E-state index contributed by atoms with van der Waals surface area (Å²) in [6.07, 6.45) is 3.27. The van der Waals surface area contributed by atoms with Crippen LogP contribution in [0, 0.1) is 18.7 Å². The fourth-order valence-corrected chi connectivity index (χ4v) is 5.10. The molecule has 3 unspecified atom stereocenters. The van der Waals surface area contributed by atoms with Crippen molar-refractivity contribution in [1.82, 2.24) is 10.2 Å². The highest BCUT2D eigenvalue weighted by Gasteiger charge is 2.53. The second-order valence-corrected chi connectivity index (χ2v) is 8.55. The number of aromatic nitrogens is 2. The molecule has 0 spiro atoms. The second kappa shape index (κ2) is 6.48. The minimum atomic E-state index is -0.675. The Morgan fingerprint density at radius 1 is 1.14 bits per heavy atom. The molecule has 144 valence electrons. The summed E-state index contributed by atoms with van der Waals surface area (Å²) in [5.41, 5.74) is 1.02. The van der Waals surface area contributed by atoms with Gasteiger partial charge in [-0.15, -0.1) is 10.2 Å². The zero-order chi connectivity index (χ0) is 19.4. The molecule has 1 aromatic carbocycles. The highest BCUT2D eigenvalue weighted by atomic mass is 32.1. The van der Waals surface area contributed by atoms with Crippen LogP contribution >= 0.6 is 11.3 Å². The number of aryl methyl sites for hydroxylation is 1. The predicted molar refractivity (Wildman–Crippen MR) is 100 cm³/mol. The van der Waals surface area contributed by atoms with E-state index < -0.39 is 6.04 Å². The number of halogens is 1. The number of ether oxygens (including phenoxy) is 1. The fourth-order valence-electron chi connectivity index (χ4n) is 4.39. The zero-order valence-electron chi connectivity index (χ0n) is 15.2. The number of carbonyl (C=O) groups is 2. The molecule has 0 radical (unpaired) electrons. The third-order valence-corrected chi connectivity index (χ3v) is 6.51. The number of benzene rings is 1. The molecule has 5 rings (SSSR count). The van der Waals surface area contributed by atoms with Crippen molar-refractivity contribution < 1.29 is 18.7 Å². The molecule has 3 atom stereocenters. The van der Waals surface area contributed by atoms with E-state index in [9.17, 15) is 14.0 Å². The van der Waals surface area contributed by atoms with Gasteiger partial charge in [0.05, 0.1) is 17.5 Å². The lowest BCUT2D eigenvalue weighted by molar-refractivity contribution is -0.131. The molecule has 1 amide bonds. The number of hydrogen-bond donors (Lipinski definition) is 0. The number of anilines is 1. The molecule has 2 aliphatic heterocycles. The number of hydrogen-bond acceptors (Lipinski definition) is 6. The Bertz CT molecular complexity index is 1000. The minimum absolute atomic E-state index is 0.0302. The summed E-state index contributed by atoms with van der Waals surface area (Å²) in [5, 5.41) is 9.26. The van der Waals surface area contributed by atoms with Gasteiger partial charge < -0.3 is 4.74 Å². The number of carbonyl (C=O) groups excluding carboxylic acids is 2. The normalized spacial score (nSPS) is 26.9. The lowest BCUT2D eigenvalue weighted by Gasteiger charge is -2.35. The van der Waals surface area contributed by atoms with Crippen molar-refractivity contribution in [2.75, 3.05) is 4.90 Å². The van der Waals surface area contributed by atoms with Crippen molar-refractivity contribution in [2.45, 2.75) is 44.8 Å². The monoisotopic (exact) mass is 399 g/mol. The van der Waals surface area contributed by atoms with Crippen molar-refractivity contribution in [3.63, 3.8) is 0 Å². The van der Waals surface area contributed by atoms with Crippen LogP contribution in [0.3, 0.4) is 0 Å². The SMILES string of the molecule is Cc1nnc(N2C(=O)C3=C(C(=O)C4CCCCC4O3)C2c2ccc(F)cc2)s1. The Kier molecular flexibility index (Phi) is 4.04. The van der Waals surface area contributed by atoms with Crippen LogP contribution in [0.1, 0.15) is 42.3 Å². The van der Waals surface area contributed by atoms with Gasteiger partial charge in [-0.1, -0.05) is 29.9 Å². The van der Waals surface area contributed by atoms with E-state index in [0.29, 0.717) is 21.3 Å². The molecule has 3 heterocycles. The summed E-state index contributed by atoms with van der Waals surface area (Å²) in [4.78, 5) is 28.1. The molecule has 0 bridgehead atoms. The number of Topliss-reactive ketones (excluding diaryl/α,β-unsaturated/α-hetero) is 1. The van der Waals surface area contributed by atoms with Crippen molar-refractivity contribution in [2.24, 2.45) is 5.92 Å². The summed E-state index contributed by atoms with van der Waals surface area (Å²) in [6, 6.07) is 5.19. The van der Waals surface area contributed by atoms with Crippen molar-refractivity contribution >= 4 is 28.2 Å². The molecule has 1 fully saturated rings. The summed E-state index contributed by atoms with van der Waals surface area (Å²) in [6.45, 7) is 1.80. The van der Waals surface area contributed by atoms with E-state index in [1.54, 1.807) is 19.1 Å². The first-order valence-electron chi connectivity index (χ1n) is 9.39. The maximum absolute atomic E-state index is 13.5. The summed E-state index contributed by atoms with van der Waals surface area (Å²) >= 11 is 1.28. The van der Waals surface area contributed by atoms with Crippen LogP contribution < -0.4 is 4.90 Å². The van der Waals surface area contributed by atoms with E-state index in [1.807, 2.05) is 0 Å². The summed E-state index contributed by atoms with van der Waals surface area (Å²) in [5.74, 6) is -0.885. The second-order valence-electron chi connectivity index (χ2n) is 7.39. The van der Waals surface area contributed by atoms with Crippen molar-refractivity contribution in [1.29, 1.82) is 0 Å². The molecule has 8 heteroatoms. The average Bonchev–Trinajstić information content (AvgIpc) is 3.24. The Balaban J connectivity index is 1.65. The van der Waals surface area contributed by atoms with Gasteiger partial charge in [0.2, 0.25) is 5.13 Å². The lowest BCUT2D eigenvalue weighted by atomic mass is 9.77. The van der Waals surface area contributed by atoms with Crippen molar-refractivity contribution in [3.8, 4) is 0 Å². The Morgan fingerprint density at radius 2 is 1.89 bits per heavy atom. The molecule has 28 heavy (non-hydrogen) atoms. The number of ketones is 1. The quantitative estimate of drug-likeness (QED) is 0.773. The van der Waals surface area contributed by atoms with Gasteiger partial charge in [-0.25, -0.2) is 4.39 Å². The van der Waals surface area contributed by atoms with Crippen LogP contribution in [-0.2, 0) is 14.3 Å². The van der Waals surface area contributed by atoms with Gasteiger partial charge in [-0.05, 0) is 43.9 Å². The number of nitrogens with zero attached hydrogens (tertiary/aromatic N) is 3. The standard InChI is InChI=1S/C20H18FN3O3S/c1-10-22-23-20(28-10)24-16(11-6-8-12(21)9-7-11)15-17(25)13-4-2-3-5-14(13)27-18(15)19(24)26/h6-9,13-14,16H,2-5H2,1H3. The van der Waals surface area contributed by atoms with Gasteiger partial charge in [0.15, 0.2) is 11.5 Å². The topological polar surface area (TPSA) is 72.4 Å². The molecular formula is C20H18FN3O3S. The molecule has 3 aliphatic rings. The number of rotatable bonds is 2. The van der Waals surface area contributed by atoms with E-state index in [-0.39, 0.29) is 35.3 Å². The maximum Gasteiger partial charge on any atom is 0.296 e. The fraction of sp³-hybridized carbons (Fsp3) is 0.400. The van der Waals surface area contributed by atoms with Crippen LogP contribution in [0.5, 0.6) is 0 Å². The van der Waals surface area contributed by atoms with Crippen LogP contribution in [-0.4, -0.2) is 28.0 Å². The summed E-state index contributed by atoms with van der Waals surface area (Å²) in [7, 11) is 0. The smallest absolute Gasteiger partial charge is 0.296 e. The largest absolute Gasteiger partial charge is 0.483 e. The summed E-state index contributed by atoms with van der Waals surface area (Å²) < 4.78 is 19.6. The van der Waals surface area contributed by atoms with Crippen LogP contribution in [0.15, 0.2) is 35.6 Å². The van der Waals surface area contributed by atoms with E-state index in [4.69, 9.17) is 4.74 Å². The van der Waals surface area contributed by atoms with Gasteiger partial charge in [0.1, 0.15) is 16.9 Å². The molecule has 1 aliphatic carbocycles. The maximum atomic E-state index is 13.5. The number of fused-ring (bicyclic) bond motifs is 1. The Hall–Kier alpha value is -2.61. The molecule has 0 saturated heterocycles. The van der Waals surface area contributed by atoms with E-state index in [2.05, 4.69) is 10.2 Å². The molecule has 0 N–H and O–H groups in total. The van der Waals surface area contributed by atoms with Gasteiger partial charge in [0, 0.05) is 0 Å².